The van der Waals surface area contributed by atoms with E-state index in [-0.39, 0.29) is 6.04 Å². The Hall–Kier alpha value is -3.99. The lowest BCUT2D eigenvalue weighted by atomic mass is 9.95. The third-order valence-corrected chi connectivity index (χ3v) is 6.30. The van der Waals surface area contributed by atoms with Crippen LogP contribution in [0.25, 0.3) is 11.4 Å². The molecule has 5 heteroatoms. The van der Waals surface area contributed by atoms with E-state index >= 15 is 0 Å². The van der Waals surface area contributed by atoms with Gasteiger partial charge in [0, 0.05) is 18.0 Å². The molecular weight excluding hydrogens is 408 g/mol. The van der Waals surface area contributed by atoms with Crippen molar-refractivity contribution in [1.29, 1.82) is 0 Å². The van der Waals surface area contributed by atoms with Crippen LogP contribution in [0.3, 0.4) is 0 Å². The molecule has 0 amide bonds. The molecule has 5 nitrogen and oxygen atoms in total. The molecule has 0 bridgehead atoms. The fraction of sp³-hybridized carbons (Fsp3) is 0.179. The Morgan fingerprint density at radius 2 is 1.70 bits per heavy atom. The third kappa shape index (κ3) is 4.10. The molecule has 1 aliphatic carbocycles. The van der Waals surface area contributed by atoms with Crippen LogP contribution in [0.2, 0.25) is 0 Å². The molecule has 0 atom stereocenters. The molecule has 0 aliphatic heterocycles. The summed E-state index contributed by atoms with van der Waals surface area (Å²) in [7, 11) is 1.67. The predicted octanol–water partition coefficient (Wildman–Crippen LogP) is 4.92. The summed E-state index contributed by atoms with van der Waals surface area (Å²) in [5.74, 6) is 0.742. The van der Waals surface area contributed by atoms with E-state index in [0.717, 1.165) is 35.5 Å². The Labute approximate surface area is 194 Å². The van der Waals surface area contributed by atoms with E-state index in [1.807, 2.05) is 42.1 Å². The van der Waals surface area contributed by atoms with Gasteiger partial charge in [-0.2, -0.15) is 0 Å². The van der Waals surface area contributed by atoms with Crippen molar-refractivity contribution in [3.05, 3.63) is 119 Å². The normalized spacial score (nSPS) is 13.7. The SMILES string of the molecule is COc1cc(/C(N)=C/NC2c3ccccc3CCc3ccccc32)ccc1-n1cnc(C)c1. The number of nitrogens with zero attached hydrogens (tertiary/aromatic N) is 2. The van der Waals surface area contributed by atoms with E-state index in [1.165, 1.54) is 22.3 Å². The molecule has 0 unspecified atom stereocenters. The van der Waals surface area contributed by atoms with Crippen LogP contribution in [0.1, 0.15) is 39.6 Å². The van der Waals surface area contributed by atoms with Gasteiger partial charge in [-0.3, -0.25) is 0 Å². The van der Waals surface area contributed by atoms with Crippen LogP contribution < -0.4 is 15.8 Å². The maximum Gasteiger partial charge on any atom is 0.143 e. The number of aromatic nitrogens is 2. The predicted molar refractivity (Wildman–Crippen MR) is 132 cm³/mol. The Balaban J connectivity index is 1.47. The van der Waals surface area contributed by atoms with E-state index in [1.54, 1.807) is 13.4 Å². The number of ether oxygens (including phenoxy) is 1. The second kappa shape index (κ2) is 8.87. The number of hydrogen-bond acceptors (Lipinski definition) is 4. The highest BCUT2D eigenvalue weighted by Gasteiger charge is 2.22. The summed E-state index contributed by atoms with van der Waals surface area (Å²) in [5.41, 5.74) is 15.3. The number of imidazole rings is 1. The second-order valence-corrected chi connectivity index (χ2v) is 8.41. The van der Waals surface area contributed by atoms with Gasteiger partial charge in [-0.15, -0.1) is 0 Å². The number of nitrogens with one attached hydrogen (secondary N) is 1. The fourth-order valence-corrected chi connectivity index (χ4v) is 4.58. The number of methoxy groups -OCH3 is 1. The van der Waals surface area contributed by atoms with Gasteiger partial charge in [-0.1, -0.05) is 54.6 Å². The maximum absolute atomic E-state index is 6.53. The Morgan fingerprint density at radius 1 is 1.03 bits per heavy atom. The van der Waals surface area contributed by atoms with Crippen molar-refractivity contribution in [2.24, 2.45) is 5.73 Å². The first kappa shape index (κ1) is 20.9. The van der Waals surface area contributed by atoms with Crippen LogP contribution in [0, 0.1) is 6.92 Å². The number of benzene rings is 3. The average molecular weight is 437 g/mol. The van der Waals surface area contributed by atoms with Crippen LogP contribution in [-0.2, 0) is 12.8 Å². The lowest BCUT2D eigenvalue weighted by Gasteiger charge is -2.21. The highest BCUT2D eigenvalue weighted by atomic mass is 16.5. The first-order valence-electron chi connectivity index (χ1n) is 11.2. The van der Waals surface area contributed by atoms with E-state index < -0.39 is 0 Å². The third-order valence-electron chi connectivity index (χ3n) is 6.30. The number of fused-ring (bicyclic) bond motifs is 2. The molecule has 5 rings (SSSR count). The van der Waals surface area contributed by atoms with Crippen molar-refractivity contribution < 1.29 is 4.74 Å². The molecule has 1 aliphatic rings. The summed E-state index contributed by atoms with van der Waals surface area (Å²) in [5, 5.41) is 3.62. The summed E-state index contributed by atoms with van der Waals surface area (Å²) < 4.78 is 7.61. The van der Waals surface area contributed by atoms with E-state index in [0.29, 0.717) is 5.70 Å². The number of aryl methyl sites for hydroxylation is 3. The van der Waals surface area contributed by atoms with Crippen LogP contribution >= 0.6 is 0 Å². The minimum Gasteiger partial charge on any atom is -0.495 e. The van der Waals surface area contributed by atoms with Crippen molar-refractivity contribution in [1.82, 2.24) is 14.9 Å². The van der Waals surface area contributed by atoms with Gasteiger partial charge in [-0.05, 0) is 54.2 Å². The number of rotatable bonds is 5. The molecule has 0 radical (unpaired) electrons. The first-order chi connectivity index (χ1) is 16.1. The van der Waals surface area contributed by atoms with Gasteiger partial charge in [0.15, 0.2) is 0 Å². The van der Waals surface area contributed by atoms with Crippen molar-refractivity contribution in [2.45, 2.75) is 25.8 Å². The molecule has 0 fully saturated rings. The van der Waals surface area contributed by atoms with Crippen molar-refractivity contribution >= 4 is 5.70 Å². The molecule has 166 valence electrons. The average Bonchev–Trinajstić information content (AvgIpc) is 3.22. The highest BCUT2D eigenvalue weighted by Crippen LogP contribution is 2.33. The van der Waals surface area contributed by atoms with E-state index in [9.17, 15) is 0 Å². The van der Waals surface area contributed by atoms with Gasteiger partial charge in [0.05, 0.1) is 36.6 Å². The molecule has 0 saturated heterocycles. The lowest BCUT2D eigenvalue weighted by Crippen LogP contribution is -2.20. The molecule has 0 saturated carbocycles. The van der Waals surface area contributed by atoms with Gasteiger partial charge in [-0.25, -0.2) is 4.98 Å². The molecule has 33 heavy (non-hydrogen) atoms. The van der Waals surface area contributed by atoms with Crippen molar-refractivity contribution in [3.8, 4) is 11.4 Å². The standard InChI is InChI=1S/C28H28N4O/c1-19-17-32(18-31-19)26-14-13-22(15-27(26)33-2)25(29)16-30-28-23-9-5-3-7-20(23)11-12-21-8-4-6-10-24(21)28/h3-10,13-18,28,30H,11-12,29H2,1-2H3/b25-16-. The minimum absolute atomic E-state index is 0.0496. The van der Waals surface area contributed by atoms with Crippen LogP contribution in [0.5, 0.6) is 5.75 Å². The zero-order valence-electron chi connectivity index (χ0n) is 19.0. The van der Waals surface area contributed by atoms with Crippen LogP contribution in [0.4, 0.5) is 0 Å². The Kier molecular flexibility index (Phi) is 5.61. The Morgan fingerprint density at radius 3 is 2.30 bits per heavy atom. The summed E-state index contributed by atoms with van der Waals surface area (Å²) in [4.78, 5) is 4.31. The molecule has 3 aromatic carbocycles. The molecular formula is C28H28N4O. The Bertz CT molecular complexity index is 1270. The number of nitrogens with two attached hydrogens (primary N) is 1. The van der Waals surface area contributed by atoms with Gasteiger partial charge >= 0.3 is 0 Å². The van der Waals surface area contributed by atoms with Crippen molar-refractivity contribution in [3.63, 3.8) is 0 Å². The van der Waals surface area contributed by atoms with E-state index in [2.05, 4.69) is 58.8 Å². The van der Waals surface area contributed by atoms with Crippen LogP contribution in [0.15, 0.2) is 85.5 Å². The lowest BCUT2D eigenvalue weighted by molar-refractivity contribution is 0.412. The topological polar surface area (TPSA) is 65.1 Å². The van der Waals surface area contributed by atoms with Gasteiger partial charge in [0.25, 0.3) is 0 Å². The second-order valence-electron chi connectivity index (χ2n) is 8.41. The molecule has 0 spiro atoms. The first-order valence-corrected chi connectivity index (χ1v) is 11.2. The smallest absolute Gasteiger partial charge is 0.143 e. The van der Waals surface area contributed by atoms with Gasteiger partial charge in [0.1, 0.15) is 5.75 Å². The summed E-state index contributed by atoms with van der Waals surface area (Å²) in [6.45, 7) is 1.97. The molecule has 1 heterocycles. The summed E-state index contributed by atoms with van der Waals surface area (Å²) >= 11 is 0. The zero-order valence-corrected chi connectivity index (χ0v) is 19.0. The molecule has 1 aromatic heterocycles. The maximum atomic E-state index is 6.53. The monoisotopic (exact) mass is 436 g/mol. The minimum atomic E-state index is 0.0496. The summed E-state index contributed by atoms with van der Waals surface area (Å²) in [6, 6.07) is 23.4. The van der Waals surface area contributed by atoms with E-state index in [4.69, 9.17) is 10.5 Å². The number of hydrogen-bond donors (Lipinski definition) is 2. The van der Waals surface area contributed by atoms with Crippen molar-refractivity contribution in [2.75, 3.05) is 7.11 Å². The fourth-order valence-electron chi connectivity index (χ4n) is 4.58. The molecule has 4 aromatic rings. The highest BCUT2D eigenvalue weighted by molar-refractivity contribution is 5.66. The quantitative estimate of drug-likeness (QED) is 0.466. The summed E-state index contributed by atoms with van der Waals surface area (Å²) in [6.07, 6.45) is 7.75. The van der Waals surface area contributed by atoms with Gasteiger partial charge in [0.2, 0.25) is 0 Å². The largest absolute Gasteiger partial charge is 0.495 e. The zero-order chi connectivity index (χ0) is 22.8. The molecule has 3 N–H and O–H groups in total. The van der Waals surface area contributed by atoms with Gasteiger partial charge < -0.3 is 20.4 Å². The van der Waals surface area contributed by atoms with Crippen LogP contribution in [-0.4, -0.2) is 16.7 Å².